The van der Waals surface area contributed by atoms with Crippen LogP contribution in [0.5, 0.6) is 5.75 Å². The average Bonchev–Trinajstić information content (AvgIpc) is 3.72. The van der Waals surface area contributed by atoms with E-state index in [1.807, 2.05) is 79.7 Å². The van der Waals surface area contributed by atoms with Crippen LogP contribution in [-0.2, 0) is 9.59 Å². The van der Waals surface area contributed by atoms with Crippen molar-refractivity contribution >= 4 is 41.0 Å². The first-order valence-corrected chi connectivity index (χ1v) is 14.7. The van der Waals surface area contributed by atoms with Gasteiger partial charge < -0.3 is 10.1 Å². The number of anilines is 1. The number of nitrogens with one attached hydrogen (secondary N) is 1. The van der Waals surface area contributed by atoms with Crippen LogP contribution >= 0.6 is 23.4 Å². The van der Waals surface area contributed by atoms with Gasteiger partial charge in [0, 0.05) is 27.8 Å². The quantitative estimate of drug-likeness (QED) is 0.296. The molecule has 0 unspecified atom stereocenters. The van der Waals surface area contributed by atoms with Gasteiger partial charge in [0.2, 0.25) is 11.8 Å². The Bertz CT molecular complexity index is 1560. The number of thioether (sulfide) groups is 1. The largest absolute Gasteiger partial charge is 0.496 e. The van der Waals surface area contributed by atoms with Crippen LogP contribution in [-0.4, -0.2) is 47.0 Å². The van der Waals surface area contributed by atoms with Gasteiger partial charge in [0.05, 0.1) is 29.5 Å². The van der Waals surface area contributed by atoms with E-state index in [1.54, 1.807) is 16.7 Å². The molecule has 2 aliphatic rings. The predicted molar refractivity (Wildman–Crippen MR) is 160 cm³/mol. The van der Waals surface area contributed by atoms with E-state index in [1.165, 1.54) is 11.8 Å². The highest BCUT2D eigenvalue weighted by Crippen LogP contribution is 2.50. The van der Waals surface area contributed by atoms with E-state index < -0.39 is 0 Å². The summed E-state index contributed by atoms with van der Waals surface area (Å²) in [6, 6.07) is 23.6. The molecule has 1 aromatic heterocycles. The molecule has 2 heterocycles. The van der Waals surface area contributed by atoms with Crippen LogP contribution in [0.25, 0.3) is 16.9 Å². The molecule has 0 radical (unpaired) electrons. The Morgan fingerprint density at radius 2 is 1.80 bits per heavy atom. The number of hydrogen-bond donors (Lipinski definition) is 1. The summed E-state index contributed by atoms with van der Waals surface area (Å²) in [4.78, 5) is 28.5. The van der Waals surface area contributed by atoms with Crippen molar-refractivity contribution in [1.29, 1.82) is 0 Å². The van der Waals surface area contributed by atoms with E-state index >= 15 is 0 Å². The third-order valence-electron chi connectivity index (χ3n) is 7.15. The molecule has 0 spiro atoms. The lowest BCUT2D eigenvalue weighted by atomic mass is 9.99. The topological polar surface area (TPSA) is 76.5 Å². The highest BCUT2D eigenvalue weighted by molar-refractivity contribution is 8.00. The Labute approximate surface area is 242 Å². The summed E-state index contributed by atoms with van der Waals surface area (Å²) >= 11 is 7.77. The standard InChI is InChI=1S/C31H29ClN4O3S/c1-19-7-15-23(16-8-19)36-31-28(29(34-36)20-9-11-21(32)12-10-20)30(24-5-3-4-6-25(24)39-2)40-18-27(38)35(31)17-26(37)33-22-13-14-22/h3-12,15-16,22,30H,13-14,17-18H2,1-2H3,(H,33,37)/t30-/m0/s1. The number of aryl methyl sites for hydroxylation is 1. The molecular formula is C31H29ClN4O3S. The molecule has 1 N–H and O–H groups in total. The molecule has 40 heavy (non-hydrogen) atoms. The van der Waals surface area contributed by atoms with Crippen molar-refractivity contribution in [2.45, 2.75) is 31.1 Å². The van der Waals surface area contributed by atoms with Crippen LogP contribution in [0, 0.1) is 6.92 Å². The van der Waals surface area contributed by atoms with E-state index in [0.717, 1.165) is 52.2 Å². The van der Waals surface area contributed by atoms with Crippen LogP contribution in [0.15, 0.2) is 72.8 Å². The number of benzene rings is 3. The first kappa shape index (κ1) is 26.5. The van der Waals surface area contributed by atoms with Gasteiger partial charge in [0.15, 0.2) is 0 Å². The Morgan fingerprint density at radius 3 is 2.50 bits per heavy atom. The van der Waals surface area contributed by atoms with Crippen molar-refractivity contribution in [3.63, 3.8) is 0 Å². The summed E-state index contributed by atoms with van der Waals surface area (Å²) < 4.78 is 7.57. The number of rotatable bonds is 7. The van der Waals surface area contributed by atoms with E-state index in [9.17, 15) is 9.59 Å². The van der Waals surface area contributed by atoms with Gasteiger partial charge in [-0.05, 0) is 50.1 Å². The van der Waals surface area contributed by atoms with Gasteiger partial charge in [0.25, 0.3) is 0 Å². The van der Waals surface area contributed by atoms with Crippen LogP contribution < -0.4 is 15.0 Å². The maximum atomic E-state index is 13.8. The second-order valence-corrected chi connectivity index (χ2v) is 11.6. The summed E-state index contributed by atoms with van der Waals surface area (Å²) in [5.74, 6) is 1.19. The van der Waals surface area contributed by atoms with Gasteiger partial charge in [-0.15, -0.1) is 11.8 Å². The maximum absolute atomic E-state index is 13.8. The zero-order valence-electron chi connectivity index (χ0n) is 22.3. The number of halogens is 1. The first-order chi connectivity index (χ1) is 19.4. The van der Waals surface area contributed by atoms with Crippen molar-refractivity contribution in [3.8, 4) is 22.7 Å². The smallest absolute Gasteiger partial charge is 0.240 e. The molecule has 1 saturated carbocycles. The Morgan fingerprint density at radius 1 is 1.07 bits per heavy atom. The van der Waals surface area contributed by atoms with Crippen LogP contribution in [0.4, 0.5) is 5.82 Å². The number of nitrogens with zero attached hydrogens (tertiary/aromatic N) is 3. The Kier molecular flexibility index (Phi) is 7.29. The second-order valence-electron chi connectivity index (χ2n) is 10.1. The summed E-state index contributed by atoms with van der Waals surface area (Å²) in [5, 5.41) is 8.51. The normalized spacial score (nSPS) is 16.8. The lowest BCUT2D eigenvalue weighted by Crippen LogP contribution is -2.43. The average molecular weight is 573 g/mol. The van der Waals surface area contributed by atoms with Gasteiger partial charge in [-0.3, -0.25) is 14.5 Å². The number of methoxy groups -OCH3 is 1. The third kappa shape index (κ3) is 5.21. The Balaban J connectivity index is 1.62. The summed E-state index contributed by atoms with van der Waals surface area (Å²) in [6.45, 7) is 1.94. The molecular weight excluding hydrogens is 544 g/mol. The SMILES string of the molecule is COc1ccccc1[C@@H]1SCC(=O)N(CC(=O)NC2CC2)c2c1c(-c1ccc(Cl)cc1)nn2-c1ccc(C)cc1. The molecule has 0 bridgehead atoms. The fraction of sp³-hybridized carbons (Fsp3) is 0.258. The zero-order valence-corrected chi connectivity index (χ0v) is 23.8. The first-order valence-electron chi connectivity index (χ1n) is 13.2. The van der Waals surface area contributed by atoms with Crippen molar-refractivity contribution in [2.75, 3.05) is 24.3 Å². The summed E-state index contributed by atoms with van der Waals surface area (Å²) in [7, 11) is 1.65. The van der Waals surface area contributed by atoms with E-state index in [4.69, 9.17) is 21.4 Å². The molecule has 204 valence electrons. The third-order valence-corrected chi connectivity index (χ3v) is 8.64. The predicted octanol–water partition coefficient (Wildman–Crippen LogP) is 5.96. The van der Waals surface area contributed by atoms with Crippen LogP contribution in [0.1, 0.15) is 34.8 Å². The second kappa shape index (κ2) is 11.0. The van der Waals surface area contributed by atoms with Crippen LogP contribution in [0.3, 0.4) is 0 Å². The lowest BCUT2D eigenvalue weighted by Gasteiger charge is -2.23. The van der Waals surface area contributed by atoms with Gasteiger partial charge in [-0.25, -0.2) is 4.68 Å². The molecule has 4 aromatic rings. The summed E-state index contributed by atoms with van der Waals surface area (Å²) in [6.07, 6.45) is 1.94. The molecule has 1 atom stereocenters. The van der Waals surface area contributed by atoms with Gasteiger partial charge >= 0.3 is 0 Å². The number of aromatic nitrogens is 2. The number of fused-ring (bicyclic) bond motifs is 1. The van der Waals surface area contributed by atoms with E-state index in [0.29, 0.717) is 10.8 Å². The van der Waals surface area contributed by atoms with Gasteiger partial charge in [-0.2, -0.15) is 5.10 Å². The number of hydrogen-bond acceptors (Lipinski definition) is 5. The highest BCUT2D eigenvalue weighted by Gasteiger charge is 2.39. The monoisotopic (exact) mass is 572 g/mol. The molecule has 0 saturated heterocycles. The highest BCUT2D eigenvalue weighted by atomic mass is 35.5. The molecule has 1 fully saturated rings. The van der Waals surface area contributed by atoms with Gasteiger partial charge in [0.1, 0.15) is 18.1 Å². The number of carbonyl (C=O) groups excluding carboxylic acids is 2. The van der Waals surface area contributed by atoms with Crippen molar-refractivity contribution in [2.24, 2.45) is 0 Å². The molecule has 3 aromatic carbocycles. The minimum absolute atomic E-state index is 0.0842. The molecule has 1 aliphatic heterocycles. The zero-order chi connectivity index (χ0) is 27.8. The van der Waals surface area contributed by atoms with Crippen molar-refractivity contribution in [1.82, 2.24) is 15.1 Å². The number of para-hydroxylation sites is 1. The molecule has 6 rings (SSSR count). The molecule has 7 nitrogen and oxygen atoms in total. The molecule has 1 aliphatic carbocycles. The lowest BCUT2D eigenvalue weighted by molar-refractivity contribution is -0.123. The fourth-order valence-corrected chi connectivity index (χ4v) is 6.33. The minimum Gasteiger partial charge on any atom is -0.496 e. The van der Waals surface area contributed by atoms with Crippen molar-refractivity contribution in [3.05, 3.63) is 94.5 Å². The van der Waals surface area contributed by atoms with Gasteiger partial charge in [-0.1, -0.05) is 59.6 Å². The maximum Gasteiger partial charge on any atom is 0.240 e. The minimum atomic E-state index is -0.281. The van der Waals surface area contributed by atoms with E-state index in [-0.39, 0.29) is 35.4 Å². The summed E-state index contributed by atoms with van der Waals surface area (Å²) in [5.41, 5.74) is 5.28. The van der Waals surface area contributed by atoms with Crippen molar-refractivity contribution < 1.29 is 14.3 Å². The fourth-order valence-electron chi connectivity index (χ4n) is 4.98. The number of ether oxygens (including phenoxy) is 1. The number of carbonyl (C=O) groups is 2. The molecule has 9 heteroatoms. The Hall–Kier alpha value is -3.75. The number of amides is 2. The molecule has 2 amide bonds. The van der Waals surface area contributed by atoms with E-state index in [2.05, 4.69) is 5.32 Å². The van der Waals surface area contributed by atoms with Crippen LogP contribution in [0.2, 0.25) is 5.02 Å².